The highest BCUT2D eigenvalue weighted by Gasteiger charge is 2.23. The Hall–Kier alpha value is -3.98. The molecule has 4 aliphatic heterocycles. The molecule has 9 heteroatoms. The van der Waals surface area contributed by atoms with E-state index in [1.807, 2.05) is 30.3 Å². The van der Waals surface area contributed by atoms with E-state index in [1.54, 1.807) is 25.4 Å². The van der Waals surface area contributed by atoms with Gasteiger partial charge in [-0.3, -0.25) is 0 Å². The Kier molecular flexibility index (Phi) is 5.54. The second-order valence-electron chi connectivity index (χ2n) is 8.62. The summed E-state index contributed by atoms with van der Waals surface area (Å²) in [6.45, 7) is 5.06. The molecule has 2 aromatic rings. The number of nitrogens with zero attached hydrogens (tertiary/aromatic N) is 5. The van der Waals surface area contributed by atoms with Gasteiger partial charge in [-0.15, -0.1) is 0 Å². The number of nitrogens with one attached hydrogen (secondary N) is 2. The number of rotatable bonds is 4. The zero-order valence-electron chi connectivity index (χ0n) is 19.5. The zero-order chi connectivity index (χ0) is 23.8. The molecule has 1 fully saturated rings. The van der Waals surface area contributed by atoms with Crippen molar-refractivity contribution in [2.45, 2.75) is 6.54 Å². The molecule has 35 heavy (non-hydrogen) atoms. The number of hydrogen-bond donors (Lipinski definition) is 2. The lowest BCUT2D eigenvalue weighted by molar-refractivity contribution is 0.416. The van der Waals surface area contributed by atoms with Gasteiger partial charge in [0.1, 0.15) is 23.1 Å². The summed E-state index contributed by atoms with van der Waals surface area (Å²) in [5.74, 6) is 2.15. The van der Waals surface area contributed by atoms with Gasteiger partial charge in [-0.2, -0.15) is 4.98 Å². The molecule has 0 amide bonds. The highest BCUT2D eigenvalue weighted by atomic mass is 19.1. The normalized spacial score (nSPS) is 15.8. The van der Waals surface area contributed by atoms with Gasteiger partial charge in [-0.05, 0) is 30.3 Å². The van der Waals surface area contributed by atoms with E-state index in [-0.39, 0.29) is 17.1 Å². The van der Waals surface area contributed by atoms with Gasteiger partial charge < -0.3 is 24.8 Å². The number of aromatic nitrogens is 3. The summed E-state index contributed by atoms with van der Waals surface area (Å²) in [6, 6.07) is 15.1. The van der Waals surface area contributed by atoms with Gasteiger partial charge in [0.15, 0.2) is 5.82 Å². The molecule has 178 valence electrons. The average molecular weight is 472 g/mol. The number of piperazine rings is 1. The smallest absolute Gasteiger partial charge is 0.251 e. The van der Waals surface area contributed by atoms with Crippen LogP contribution < -0.4 is 25.9 Å². The number of methoxy groups -OCH3 is 1. The van der Waals surface area contributed by atoms with Crippen molar-refractivity contribution in [3.63, 3.8) is 0 Å². The fourth-order valence-corrected chi connectivity index (χ4v) is 4.80. The first-order valence-electron chi connectivity index (χ1n) is 11.8. The lowest BCUT2D eigenvalue weighted by atomic mass is 10.0. The standard InChI is InChI=1S/C26H26FN7O/c1-35-23-5-3-2-4-19(23)20-14-17-16-30-26(32-24(17)34-13-10-29-25(20)34)31-22-7-6-18(15-21(22)27)33-11-8-28-9-12-33/h2-7,14-16,28-29H,8-13H2,1H3. The van der Waals surface area contributed by atoms with Crippen LogP contribution in [-0.4, -0.2) is 54.4 Å². The van der Waals surface area contributed by atoms with Crippen molar-refractivity contribution in [2.75, 3.05) is 50.1 Å². The molecule has 8 nitrogen and oxygen atoms in total. The van der Waals surface area contributed by atoms with Crippen LogP contribution in [0, 0.1) is 5.82 Å². The third-order valence-corrected chi connectivity index (χ3v) is 6.52. The van der Waals surface area contributed by atoms with E-state index in [0.29, 0.717) is 0 Å². The second kappa shape index (κ2) is 8.99. The Morgan fingerprint density at radius 1 is 1.00 bits per heavy atom. The van der Waals surface area contributed by atoms with Crippen LogP contribution in [0.4, 0.5) is 21.6 Å². The fraction of sp³-hybridized carbons (Fsp3) is 0.269. The lowest BCUT2D eigenvalue weighted by Crippen LogP contribution is -2.43. The van der Waals surface area contributed by atoms with Crippen molar-refractivity contribution < 1.29 is 9.13 Å². The monoisotopic (exact) mass is 471 g/mol. The molecule has 0 bridgehead atoms. The maximum absolute atomic E-state index is 14.9. The predicted molar refractivity (Wildman–Crippen MR) is 134 cm³/mol. The molecule has 0 atom stereocenters. The third-order valence-electron chi connectivity index (χ3n) is 6.52. The van der Waals surface area contributed by atoms with Crippen LogP contribution in [0.2, 0.25) is 0 Å². The average Bonchev–Trinajstić information content (AvgIpc) is 3.40. The Labute approximate surface area is 202 Å². The Morgan fingerprint density at radius 3 is 2.69 bits per heavy atom. The quantitative estimate of drug-likeness (QED) is 0.476. The lowest BCUT2D eigenvalue weighted by Gasteiger charge is -2.29. The largest absolute Gasteiger partial charge is 0.496 e. The van der Waals surface area contributed by atoms with Crippen LogP contribution in [0.1, 0.15) is 0 Å². The summed E-state index contributed by atoms with van der Waals surface area (Å²) in [7, 11) is 1.67. The number of benzene rings is 2. The highest BCUT2D eigenvalue weighted by molar-refractivity contribution is 5.85. The topological polar surface area (TPSA) is 79.6 Å². The number of hydrogen-bond acceptors (Lipinski definition) is 7. The molecule has 2 aromatic carbocycles. The summed E-state index contributed by atoms with van der Waals surface area (Å²) in [5.41, 5.74) is 4.23. The van der Waals surface area contributed by atoms with Crippen molar-refractivity contribution in [2.24, 2.45) is 4.99 Å². The predicted octanol–water partition coefficient (Wildman–Crippen LogP) is 3.27. The third kappa shape index (κ3) is 3.97. The van der Waals surface area contributed by atoms with E-state index < -0.39 is 0 Å². The molecule has 0 unspecified atom stereocenters. The SMILES string of the molecule is COc1ccccc1-c1cc2cnc(=Nc3ccc(N4CCNCC4)cc3F)nc-2n2c1NCC2. The number of halogens is 1. The molecule has 6 rings (SSSR count). The second-order valence-corrected chi connectivity index (χ2v) is 8.62. The number of anilines is 2. The van der Waals surface area contributed by atoms with Crippen LogP contribution in [0.3, 0.4) is 0 Å². The molecule has 2 N–H and O–H groups in total. The molecule has 0 saturated carbocycles. The van der Waals surface area contributed by atoms with E-state index in [0.717, 1.165) is 79.0 Å². The van der Waals surface area contributed by atoms with Crippen molar-refractivity contribution in [3.8, 4) is 28.3 Å². The molecule has 1 saturated heterocycles. The zero-order valence-corrected chi connectivity index (χ0v) is 19.5. The van der Waals surface area contributed by atoms with E-state index >= 15 is 0 Å². The highest BCUT2D eigenvalue weighted by Crippen LogP contribution is 2.40. The minimum absolute atomic E-state index is 0.230. The number of fused-ring (bicyclic) bond motifs is 3. The van der Waals surface area contributed by atoms with Gasteiger partial charge in [0.25, 0.3) is 5.62 Å². The molecule has 0 radical (unpaired) electrons. The van der Waals surface area contributed by atoms with Gasteiger partial charge in [0.2, 0.25) is 0 Å². The van der Waals surface area contributed by atoms with Gasteiger partial charge in [-0.1, -0.05) is 18.2 Å². The van der Waals surface area contributed by atoms with E-state index in [2.05, 4.69) is 36.1 Å². The van der Waals surface area contributed by atoms with Crippen LogP contribution in [0.5, 0.6) is 5.75 Å². The molecule has 0 aliphatic carbocycles. The molecule has 0 spiro atoms. The number of pyridine rings is 1. The Balaban J connectivity index is 1.41. The summed E-state index contributed by atoms with van der Waals surface area (Å²) >= 11 is 0. The minimum atomic E-state index is -0.379. The van der Waals surface area contributed by atoms with Crippen LogP contribution in [-0.2, 0) is 6.54 Å². The Morgan fingerprint density at radius 2 is 1.86 bits per heavy atom. The first kappa shape index (κ1) is 21.5. The first-order chi connectivity index (χ1) is 17.2. The van der Waals surface area contributed by atoms with Gasteiger partial charge >= 0.3 is 0 Å². The van der Waals surface area contributed by atoms with Crippen molar-refractivity contribution in [1.82, 2.24) is 19.9 Å². The van der Waals surface area contributed by atoms with Gasteiger partial charge in [0, 0.05) is 67.8 Å². The van der Waals surface area contributed by atoms with Crippen molar-refractivity contribution in [1.29, 1.82) is 0 Å². The summed E-state index contributed by atoms with van der Waals surface area (Å²) < 4.78 is 22.6. The minimum Gasteiger partial charge on any atom is -0.496 e. The van der Waals surface area contributed by atoms with E-state index in [1.165, 1.54) is 0 Å². The maximum Gasteiger partial charge on any atom is 0.251 e. The molecule has 4 aliphatic rings. The number of ether oxygens (including phenoxy) is 1. The molecular weight excluding hydrogens is 445 g/mol. The molecular formula is C26H26FN7O. The van der Waals surface area contributed by atoms with Gasteiger partial charge in [0.05, 0.1) is 7.11 Å². The fourth-order valence-electron chi connectivity index (χ4n) is 4.80. The summed E-state index contributed by atoms with van der Waals surface area (Å²) in [5, 5.41) is 6.78. The van der Waals surface area contributed by atoms with Gasteiger partial charge in [-0.25, -0.2) is 14.4 Å². The Bertz CT molecular complexity index is 1430. The molecule has 4 heterocycles. The number of para-hydroxylation sites is 1. The van der Waals surface area contributed by atoms with Crippen molar-refractivity contribution in [3.05, 3.63) is 66.2 Å². The summed E-state index contributed by atoms with van der Waals surface area (Å²) in [6.07, 6.45) is 1.75. The van der Waals surface area contributed by atoms with E-state index in [4.69, 9.17) is 9.72 Å². The van der Waals surface area contributed by atoms with Crippen LogP contribution >= 0.6 is 0 Å². The van der Waals surface area contributed by atoms with Crippen LogP contribution in [0.15, 0.2) is 59.7 Å². The summed E-state index contributed by atoms with van der Waals surface area (Å²) in [4.78, 5) is 15.7. The van der Waals surface area contributed by atoms with E-state index in [9.17, 15) is 4.39 Å². The molecule has 0 aromatic heterocycles. The van der Waals surface area contributed by atoms with Crippen LogP contribution in [0.25, 0.3) is 22.5 Å². The first-order valence-corrected chi connectivity index (χ1v) is 11.8. The van der Waals surface area contributed by atoms with Crippen molar-refractivity contribution >= 4 is 17.2 Å². The maximum atomic E-state index is 14.9.